The van der Waals surface area contributed by atoms with Gasteiger partial charge in [0.15, 0.2) is 0 Å². The van der Waals surface area contributed by atoms with Gasteiger partial charge in [0.25, 0.3) is 0 Å². The molecule has 0 spiro atoms. The molecule has 0 aliphatic carbocycles. The molecule has 4 heteroatoms. The van der Waals surface area contributed by atoms with Crippen LogP contribution in [0.2, 0.25) is 0 Å². The van der Waals surface area contributed by atoms with Crippen LogP contribution in [-0.2, 0) is 0 Å². The Morgan fingerprint density at radius 1 is 0.333 bits per heavy atom. The van der Waals surface area contributed by atoms with Gasteiger partial charge in [0.1, 0.15) is 4.83 Å². The van der Waals surface area contributed by atoms with E-state index in [2.05, 4.69) is 169 Å². The van der Waals surface area contributed by atoms with Crippen molar-refractivity contribution in [3.8, 4) is 11.1 Å². The van der Waals surface area contributed by atoms with Crippen LogP contribution in [0.1, 0.15) is 0 Å². The molecular formula is C47H28N2S2. The Kier molecular flexibility index (Phi) is 6.32. The molecule has 8 aromatic carbocycles. The number of benzene rings is 8. The number of thiophene rings is 2. The van der Waals surface area contributed by atoms with Crippen LogP contribution in [0, 0.1) is 0 Å². The van der Waals surface area contributed by atoms with Crippen molar-refractivity contribution in [1.29, 1.82) is 0 Å². The minimum atomic E-state index is 1.04. The van der Waals surface area contributed by atoms with E-state index >= 15 is 0 Å². The normalized spacial score (nSPS) is 11.9. The molecule has 0 radical (unpaired) electrons. The SMILES string of the molecule is c1ccc2c(c1)sc1ccc(N(c3ccc(-c4ccc5c6ccccc6c6ccccc6c5c4)cc3)c3cnc4sc5ccccc5c4c3)cc12. The average Bonchev–Trinajstić information content (AvgIpc) is 3.76. The lowest BCUT2D eigenvalue weighted by molar-refractivity contribution is 1.27. The highest BCUT2D eigenvalue weighted by Crippen LogP contribution is 2.43. The Hall–Kier alpha value is -6.07. The van der Waals surface area contributed by atoms with Crippen LogP contribution >= 0.6 is 22.7 Å². The minimum Gasteiger partial charge on any atom is -0.309 e. The van der Waals surface area contributed by atoms with Crippen LogP contribution in [0.4, 0.5) is 17.1 Å². The summed E-state index contributed by atoms with van der Waals surface area (Å²) in [6.45, 7) is 0. The van der Waals surface area contributed by atoms with Gasteiger partial charge in [-0.25, -0.2) is 4.98 Å². The summed E-state index contributed by atoms with van der Waals surface area (Å²) in [6.07, 6.45) is 2.03. The molecule has 0 amide bonds. The highest BCUT2D eigenvalue weighted by Gasteiger charge is 2.18. The number of anilines is 3. The average molecular weight is 685 g/mol. The fraction of sp³-hybridized carbons (Fsp3) is 0. The van der Waals surface area contributed by atoms with Gasteiger partial charge < -0.3 is 4.90 Å². The first-order valence-corrected chi connectivity index (χ1v) is 18.8. The monoisotopic (exact) mass is 684 g/mol. The summed E-state index contributed by atoms with van der Waals surface area (Å²) in [5, 5.41) is 12.8. The summed E-state index contributed by atoms with van der Waals surface area (Å²) in [5.74, 6) is 0. The van der Waals surface area contributed by atoms with E-state index in [1.807, 2.05) is 17.5 Å². The molecule has 0 bridgehead atoms. The number of aromatic nitrogens is 1. The standard InChI is InChI=1S/C47H28N2S2/c1-2-11-36-34(9-1)35-10-3-4-12-37(35)41-25-30(19-23-38(36)41)29-17-20-31(21-18-29)49(32-22-24-46-42(26-32)39-13-5-7-15-44(39)50-46)33-27-43-40-14-6-8-16-45(40)51-47(43)48-28-33/h1-28H. The molecule has 3 heterocycles. The van der Waals surface area contributed by atoms with E-state index in [0.29, 0.717) is 0 Å². The third-order valence-corrected chi connectivity index (χ3v) is 12.5. The molecule has 3 aromatic heterocycles. The maximum absolute atomic E-state index is 5.01. The highest BCUT2D eigenvalue weighted by atomic mass is 32.1. The molecule has 238 valence electrons. The first-order chi connectivity index (χ1) is 25.3. The molecule has 0 aliphatic heterocycles. The van der Waals surface area contributed by atoms with Crippen LogP contribution in [0.3, 0.4) is 0 Å². The van der Waals surface area contributed by atoms with E-state index in [1.165, 1.54) is 79.1 Å². The summed E-state index contributed by atoms with van der Waals surface area (Å²) in [4.78, 5) is 8.43. The summed E-state index contributed by atoms with van der Waals surface area (Å²) < 4.78 is 3.86. The summed E-state index contributed by atoms with van der Waals surface area (Å²) in [5.41, 5.74) is 5.65. The molecule has 0 saturated carbocycles. The third kappa shape index (κ3) is 4.51. The van der Waals surface area contributed by atoms with Crippen molar-refractivity contribution >= 4 is 113 Å². The fourth-order valence-corrected chi connectivity index (χ4v) is 10.0. The fourth-order valence-electron chi connectivity index (χ4n) is 7.91. The van der Waals surface area contributed by atoms with E-state index < -0.39 is 0 Å². The van der Waals surface area contributed by atoms with Gasteiger partial charge in [-0.2, -0.15) is 0 Å². The van der Waals surface area contributed by atoms with Gasteiger partial charge >= 0.3 is 0 Å². The van der Waals surface area contributed by atoms with Gasteiger partial charge in [-0.15, -0.1) is 22.7 Å². The maximum atomic E-state index is 5.01. The predicted molar refractivity (Wildman–Crippen MR) is 223 cm³/mol. The molecule has 0 unspecified atom stereocenters. The molecule has 11 rings (SSSR count). The van der Waals surface area contributed by atoms with E-state index in [1.54, 1.807) is 11.3 Å². The molecule has 0 N–H and O–H groups in total. The highest BCUT2D eigenvalue weighted by molar-refractivity contribution is 7.26. The quantitative estimate of drug-likeness (QED) is 0.172. The van der Waals surface area contributed by atoms with E-state index in [-0.39, 0.29) is 0 Å². The predicted octanol–water partition coefficient (Wildman–Crippen LogP) is 14.4. The summed E-state index contributed by atoms with van der Waals surface area (Å²) in [6, 6.07) is 60.0. The molecule has 0 atom stereocenters. The Morgan fingerprint density at radius 3 is 1.55 bits per heavy atom. The second-order valence-electron chi connectivity index (χ2n) is 13.2. The number of hydrogen-bond donors (Lipinski definition) is 0. The molecule has 0 aliphatic rings. The number of pyridine rings is 1. The van der Waals surface area contributed by atoms with E-state index in [9.17, 15) is 0 Å². The van der Waals surface area contributed by atoms with Crippen LogP contribution in [0.25, 0.3) is 83.9 Å². The van der Waals surface area contributed by atoms with Gasteiger partial charge in [-0.1, -0.05) is 109 Å². The molecular weight excluding hydrogens is 657 g/mol. The zero-order chi connectivity index (χ0) is 33.5. The number of hydrogen-bond acceptors (Lipinski definition) is 4. The maximum Gasteiger partial charge on any atom is 0.124 e. The van der Waals surface area contributed by atoms with Gasteiger partial charge in [0, 0.05) is 47.0 Å². The van der Waals surface area contributed by atoms with Crippen LogP contribution in [-0.4, -0.2) is 4.98 Å². The Balaban J connectivity index is 1.07. The zero-order valence-corrected chi connectivity index (χ0v) is 29.0. The second kappa shape index (κ2) is 11.2. The van der Waals surface area contributed by atoms with Crippen molar-refractivity contribution in [3.63, 3.8) is 0 Å². The Labute approximate surface area is 302 Å². The van der Waals surface area contributed by atoms with E-state index in [4.69, 9.17) is 4.98 Å². The van der Waals surface area contributed by atoms with Gasteiger partial charge in [-0.05, 0) is 98.0 Å². The van der Waals surface area contributed by atoms with Crippen molar-refractivity contribution in [2.75, 3.05) is 4.90 Å². The lowest BCUT2D eigenvalue weighted by Crippen LogP contribution is -2.10. The van der Waals surface area contributed by atoms with E-state index in [0.717, 1.165) is 21.9 Å². The van der Waals surface area contributed by atoms with Crippen LogP contribution in [0.5, 0.6) is 0 Å². The lowest BCUT2D eigenvalue weighted by atomic mass is 9.92. The number of fused-ring (bicyclic) bond motifs is 12. The molecule has 0 saturated heterocycles. The topological polar surface area (TPSA) is 16.1 Å². The van der Waals surface area contributed by atoms with Crippen molar-refractivity contribution in [2.45, 2.75) is 0 Å². The lowest BCUT2D eigenvalue weighted by Gasteiger charge is -2.25. The summed E-state index contributed by atoms with van der Waals surface area (Å²) >= 11 is 3.60. The molecule has 0 fully saturated rings. The Morgan fingerprint density at radius 2 is 0.843 bits per heavy atom. The Bertz CT molecular complexity index is 3000. The molecule has 51 heavy (non-hydrogen) atoms. The van der Waals surface area contributed by atoms with Crippen molar-refractivity contribution in [2.24, 2.45) is 0 Å². The second-order valence-corrected chi connectivity index (χ2v) is 15.3. The minimum absolute atomic E-state index is 1.04. The number of rotatable bonds is 4. The van der Waals surface area contributed by atoms with Crippen molar-refractivity contribution in [3.05, 3.63) is 170 Å². The van der Waals surface area contributed by atoms with Crippen molar-refractivity contribution in [1.82, 2.24) is 4.98 Å². The number of nitrogens with zero attached hydrogens (tertiary/aromatic N) is 2. The van der Waals surface area contributed by atoms with Gasteiger partial charge in [-0.3, -0.25) is 0 Å². The smallest absolute Gasteiger partial charge is 0.124 e. The van der Waals surface area contributed by atoms with Crippen LogP contribution in [0.15, 0.2) is 170 Å². The molecule has 2 nitrogen and oxygen atoms in total. The largest absolute Gasteiger partial charge is 0.309 e. The third-order valence-electron chi connectivity index (χ3n) is 10.3. The van der Waals surface area contributed by atoms with Crippen LogP contribution < -0.4 is 4.90 Å². The molecule has 11 aromatic rings. The van der Waals surface area contributed by atoms with Crippen molar-refractivity contribution < 1.29 is 0 Å². The summed E-state index contributed by atoms with van der Waals surface area (Å²) in [7, 11) is 0. The first kappa shape index (κ1) is 28.7. The van der Waals surface area contributed by atoms with Gasteiger partial charge in [0.2, 0.25) is 0 Å². The first-order valence-electron chi connectivity index (χ1n) is 17.2. The zero-order valence-electron chi connectivity index (χ0n) is 27.4. The van der Waals surface area contributed by atoms with Gasteiger partial charge in [0.05, 0.1) is 11.9 Å².